The van der Waals surface area contributed by atoms with E-state index in [-0.39, 0.29) is 0 Å². The topological polar surface area (TPSA) is 0 Å². The Morgan fingerprint density at radius 3 is 1.24 bits per heavy atom. The van der Waals surface area contributed by atoms with Crippen LogP contribution in [0.2, 0.25) is 0 Å². The molecule has 0 radical (unpaired) electrons. The van der Waals surface area contributed by atoms with Crippen LogP contribution in [0.5, 0.6) is 0 Å². The van der Waals surface area contributed by atoms with E-state index >= 15 is 0 Å². The molecule has 0 saturated heterocycles. The van der Waals surface area contributed by atoms with Gasteiger partial charge in [-0.05, 0) is 116 Å². The Balaban J connectivity index is 0.000000115. The fourth-order valence-corrected chi connectivity index (χ4v) is 12.6. The molecule has 0 aromatic heterocycles. The van der Waals surface area contributed by atoms with Gasteiger partial charge in [0, 0.05) is 0 Å². The fourth-order valence-electron chi connectivity index (χ4n) is 12.6. The van der Waals surface area contributed by atoms with Crippen molar-refractivity contribution in [1.82, 2.24) is 0 Å². The van der Waals surface area contributed by atoms with E-state index in [4.69, 9.17) is 0 Å². The van der Waals surface area contributed by atoms with Crippen molar-refractivity contribution in [2.45, 2.75) is 135 Å². The van der Waals surface area contributed by atoms with Gasteiger partial charge in [0.1, 0.15) is 0 Å². The molecule has 8 saturated carbocycles. The highest BCUT2D eigenvalue weighted by Gasteiger charge is 2.51. The SMILES string of the molecule is C1CC2CC3CCCC4CCCC4C3CC2C1.C1CC2CCCC3CCC4CCC(C1)C2C34. The molecule has 8 rings (SSSR count). The summed E-state index contributed by atoms with van der Waals surface area (Å²) in [5, 5.41) is 0. The summed E-state index contributed by atoms with van der Waals surface area (Å²) >= 11 is 0. The first kappa shape index (κ1) is 22.2. The molecule has 0 nitrogen and oxygen atoms in total. The summed E-state index contributed by atoms with van der Waals surface area (Å²) in [6, 6.07) is 0. The zero-order valence-electron chi connectivity index (χ0n) is 21.8. The summed E-state index contributed by atoms with van der Waals surface area (Å²) in [6.45, 7) is 0. The normalized spacial score (nSPS) is 54.5. The lowest BCUT2D eigenvalue weighted by molar-refractivity contribution is 0.0131. The molecule has 8 aliphatic carbocycles. The summed E-state index contributed by atoms with van der Waals surface area (Å²) in [5.74, 6) is 14.0. The van der Waals surface area contributed by atoms with Crippen LogP contribution in [0.3, 0.4) is 0 Å². The minimum Gasteiger partial charge on any atom is -0.0528 e. The van der Waals surface area contributed by atoms with E-state index in [1.807, 2.05) is 0 Å². The van der Waals surface area contributed by atoms with E-state index in [9.17, 15) is 0 Å². The van der Waals surface area contributed by atoms with Crippen molar-refractivity contribution in [3.05, 3.63) is 0 Å². The third-order valence-corrected chi connectivity index (χ3v) is 13.8. The van der Waals surface area contributed by atoms with E-state index in [1.54, 1.807) is 135 Å². The Bertz CT molecular complexity index is 665. The van der Waals surface area contributed by atoms with Gasteiger partial charge in [-0.2, -0.15) is 0 Å². The van der Waals surface area contributed by atoms with Gasteiger partial charge >= 0.3 is 0 Å². The Morgan fingerprint density at radius 1 is 0.242 bits per heavy atom. The zero-order valence-corrected chi connectivity index (χ0v) is 21.8. The van der Waals surface area contributed by atoms with Gasteiger partial charge in [-0.15, -0.1) is 0 Å². The molecular weight excluding hydrogens is 396 g/mol. The van der Waals surface area contributed by atoms with Gasteiger partial charge in [-0.1, -0.05) is 89.9 Å². The van der Waals surface area contributed by atoms with Crippen molar-refractivity contribution in [1.29, 1.82) is 0 Å². The summed E-state index contributed by atoms with van der Waals surface area (Å²) in [7, 11) is 0. The molecule has 12 atom stereocenters. The van der Waals surface area contributed by atoms with Crippen LogP contribution < -0.4 is 0 Å². The molecule has 0 heteroatoms. The minimum atomic E-state index is 1.16. The second-order valence-corrected chi connectivity index (χ2v) is 14.8. The molecule has 0 N–H and O–H groups in total. The Morgan fingerprint density at radius 2 is 0.636 bits per heavy atom. The molecule has 0 bridgehead atoms. The average molecular weight is 451 g/mol. The second kappa shape index (κ2) is 9.47. The van der Waals surface area contributed by atoms with Crippen LogP contribution in [-0.2, 0) is 0 Å². The molecule has 12 unspecified atom stereocenters. The van der Waals surface area contributed by atoms with Crippen molar-refractivity contribution < 1.29 is 0 Å². The first-order chi connectivity index (χ1) is 16.3. The average Bonchev–Trinajstić information content (AvgIpc) is 3.54. The van der Waals surface area contributed by atoms with E-state index in [0.29, 0.717) is 0 Å². The number of hydrogen-bond donors (Lipinski definition) is 0. The predicted molar refractivity (Wildman–Crippen MR) is 139 cm³/mol. The third kappa shape index (κ3) is 4.08. The summed E-state index contributed by atoms with van der Waals surface area (Å²) in [6.07, 6.45) is 33.5. The van der Waals surface area contributed by atoms with E-state index in [2.05, 4.69) is 0 Å². The van der Waals surface area contributed by atoms with Crippen LogP contribution in [0.15, 0.2) is 0 Å². The van der Waals surface area contributed by atoms with E-state index in [0.717, 1.165) is 29.6 Å². The van der Waals surface area contributed by atoms with Crippen LogP contribution in [0, 0.1) is 71.0 Å². The second-order valence-electron chi connectivity index (χ2n) is 14.8. The van der Waals surface area contributed by atoms with Gasteiger partial charge in [-0.3, -0.25) is 0 Å². The third-order valence-electron chi connectivity index (χ3n) is 13.8. The van der Waals surface area contributed by atoms with Crippen LogP contribution in [0.4, 0.5) is 0 Å². The molecule has 0 aromatic carbocycles. The molecule has 8 fully saturated rings. The maximum Gasteiger partial charge on any atom is -0.0324 e. The smallest absolute Gasteiger partial charge is 0.0324 e. The molecule has 0 aromatic rings. The first-order valence-corrected chi connectivity index (χ1v) is 16.3. The van der Waals surface area contributed by atoms with Crippen molar-refractivity contribution in [3.63, 3.8) is 0 Å². The molecule has 0 aliphatic heterocycles. The van der Waals surface area contributed by atoms with Crippen LogP contribution in [-0.4, -0.2) is 0 Å². The van der Waals surface area contributed by atoms with Crippen molar-refractivity contribution >= 4 is 0 Å². The minimum absolute atomic E-state index is 1.16. The van der Waals surface area contributed by atoms with Gasteiger partial charge in [0.2, 0.25) is 0 Å². The van der Waals surface area contributed by atoms with Crippen molar-refractivity contribution in [2.24, 2.45) is 71.0 Å². The van der Waals surface area contributed by atoms with Crippen molar-refractivity contribution in [2.75, 3.05) is 0 Å². The Hall–Kier alpha value is 0. The number of fused-ring (bicyclic) bond motifs is 4. The maximum atomic E-state index is 1.65. The number of rotatable bonds is 0. The molecular formula is C33H54. The quantitative estimate of drug-likeness (QED) is 0.344. The van der Waals surface area contributed by atoms with Gasteiger partial charge < -0.3 is 0 Å². The van der Waals surface area contributed by atoms with Gasteiger partial charge in [0.15, 0.2) is 0 Å². The van der Waals surface area contributed by atoms with E-state index < -0.39 is 0 Å². The highest BCUT2D eigenvalue weighted by molar-refractivity contribution is 5.00. The maximum absolute atomic E-state index is 1.65. The molecule has 8 aliphatic rings. The summed E-state index contributed by atoms with van der Waals surface area (Å²) in [5.41, 5.74) is 0. The zero-order chi connectivity index (χ0) is 21.8. The molecule has 0 heterocycles. The highest BCUT2D eigenvalue weighted by Crippen LogP contribution is 2.60. The fraction of sp³-hybridized carbons (Fsp3) is 1.00. The predicted octanol–water partition coefficient (Wildman–Crippen LogP) is 9.67. The summed E-state index contributed by atoms with van der Waals surface area (Å²) in [4.78, 5) is 0. The lowest BCUT2D eigenvalue weighted by atomic mass is 9.57. The van der Waals surface area contributed by atoms with E-state index in [1.165, 1.54) is 41.4 Å². The van der Waals surface area contributed by atoms with Gasteiger partial charge in [0.05, 0.1) is 0 Å². The Kier molecular flexibility index (Phi) is 6.37. The monoisotopic (exact) mass is 450 g/mol. The van der Waals surface area contributed by atoms with Crippen molar-refractivity contribution in [3.8, 4) is 0 Å². The number of hydrogen-bond acceptors (Lipinski definition) is 0. The highest BCUT2D eigenvalue weighted by atomic mass is 14.6. The molecule has 33 heavy (non-hydrogen) atoms. The Labute approximate surface area is 205 Å². The molecule has 0 spiro atoms. The first-order valence-electron chi connectivity index (χ1n) is 16.3. The van der Waals surface area contributed by atoms with Gasteiger partial charge in [-0.25, -0.2) is 0 Å². The van der Waals surface area contributed by atoms with Crippen LogP contribution in [0.25, 0.3) is 0 Å². The summed E-state index contributed by atoms with van der Waals surface area (Å²) < 4.78 is 0. The van der Waals surface area contributed by atoms with Crippen LogP contribution >= 0.6 is 0 Å². The van der Waals surface area contributed by atoms with Crippen LogP contribution in [0.1, 0.15) is 135 Å². The largest absolute Gasteiger partial charge is 0.0528 e. The lowest BCUT2D eigenvalue weighted by Gasteiger charge is -2.48. The van der Waals surface area contributed by atoms with Gasteiger partial charge in [0.25, 0.3) is 0 Å². The standard InChI is InChI=1S/C17H28.C16H26/c1-4-12-5-3-9-16(12)17-11-14-7-2-6-13(14)10-15(17)8-1;1-3-11-4-2-6-13-8-10-14-9-7-12(5-1)15(11)16(13)14/h12-17H,1-11H2;11-16H,1-10H2. The molecule has 0 amide bonds. The molecule has 186 valence electrons. The lowest BCUT2D eigenvalue weighted by Crippen LogP contribution is -2.40.